The van der Waals surface area contributed by atoms with Crippen molar-refractivity contribution in [2.75, 3.05) is 19.8 Å². The number of hydrogen-bond acceptors (Lipinski definition) is 3. The first-order chi connectivity index (χ1) is 8.32. The van der Waals surface area contributed by atoms with Crippen molar-refractivity contribution in [3.05, 3.63) is 29.1 Å². The van der Waals surface area contributed by atoms with Crippen molar-refractivity contribution in [2.24, 2.45) is 5.73 Å². The monoisotopic (exact) mass is 270 g/mol. The van der Waals surface area contributed by atoms with Crippen LogP contribution >= 0.6 is 11.8 Å². The van der Waals surface area contributed by atoms with Crippen molar-refractivity contribution >= 4 is 17.7 Å². The number of aryl methyl sites for hydroxylation is 1. The predicted molar refractivity (Wildman–Crippen MR) is 73.2 cm³/mol. The molecule has 0 radical (unpaired) electrons. The first kappa shape index (κ1) is 15.0. The lowest BCUT2D eigenvalue weighted by molar-refractivity contribution is -0.125. The van der Waals surface area contributed by atoms with Crippen LogP contribution in [0.25, 0.3) is 0 Å². The molecule has 0 heterocycles. The zero-order chi connectivity index (χ0) is 13.9. The van der Waals surface area contributed by atoms with Gasteiger partial charge in [-0.1, -0.05) is 0 Å². The van der Waals surface area contributed by atoms with Crippen molar-refractivity contribution in [3.8, 4) is 0 Å². The number of thioether (sulfide) groups is 1. The van der Waals surface area contributed by atoms with E-state index >= 15 is 0 Å². The van der Waals surface area contributed by atoms with Crippen molar-refractivity contribution < 1.29 is 9.18 Å². The van der Waals surface area contributed by atoms with Crippen LogP contribution in [0.4, 0.5) is 4.39 Å². The van der Waals surface area contributed by atoms with Gasteiger partial charge in [0.2, 0.25) is 5.91 Å². The van der Waals surface area contributed by atoms with Crippen LogP contribution in [-0.2, 0) is 4.79 Å². The Morgan fingerprint density at radius 3 is 2.61 bits per heavy atom. The molecule has 0 bridgehead atoms. The smallest absolute Gasteiger partial charge is 0.232 e. The maximum atomic E-state index is 13.5. The summed E-state index contributed by atoms with van der Waals surface area (Å²) in [6.45, 7) is 3.51. The van der Waals surface area contributed by atoms with E-state index < -0.39 is 0 Å². The third-order valence-electron chi connectivity index (χ3n) is 2.63. The minimum Gasteiger partial charge on any atom is -0.348 e. The molecular formula is C13H19FN2OS. The Balaban J connectivity index is 2.93. The van der Waals surface area contributed by atoms with E-state index in [2.05, 4.69) is 0 Å². The van der Waals surface area contributed by atoms with Gasteiger partial charge in [-0.05, 0) is 37.1 Å². The molecular weight excluding hydrogens is 251 g/mol. The number of carbonyl (C=O) groups is 1. The molecule has 0 spiro atoms. The largest absolute Gasteiger partial charge is 0.348 e. The van der Waals surface area contributed by atoms with Crippen molar-refractivity contribution in [3.63, 3.8) is 0 Å². The van der Waals surface area contributed by atoms with Crippen LogP contribution in [0, 0.1) is 12.7 Å². The van der Waals surface area contributed by atoms with E-state index in [-0.39, 0.29) is 17.8 Å². The van der Waals surface area contributed by atoms with E-state index in [1.54, 1.807) is 27.1 Å². The number of halogens is 1. The number of benzene rings is 1. The number of carbonyl (C=O) groups excluding carboxylic acids is 1. The van der Waals surface area contributed by atoms with Gasteiger partial charge in [-0.3, -0.25) is 4.79 Å². The molecule has 1 amide bonds. The molecule has 0 saturated carbocycles. The van der Waals surface area contributed by atoms with Crippen LogP contribution in [-0.4, -0.2) is 30.7 Å². The number of hydrogen-bond donors (Lipinski definition) is 1. The Hall–Kier alpha value is -1.07. The molecule has 0 fully saturated rings. The van der Waals surface area contributed by atoms with Crippen LogP contribution < -0.4 is 5.73 Å². The Morgan fingerprint density at radius 2 is 2.11 bits per heavy atom. The molecule has 2 N–H and O–H groups in total. The maximum Gasteiger partial charge on any atom is 0.232 e. The lowest BCUT2D eigenvalue weighted by atomic mass is 10.1. The first-order valence-corrected chi connectivity index (χ1v) is 6.70. The Bertz CT molecular complexity index is 447. The van der Waals surface area contributed by atoms with E-state index in [0.29, 0.717) is 11.3 Å². The third kappa shape index (κ3) is 3.71. The Labute approximate surface area is 112 Å². The van der Waals surface area contributed by atoms with Gasteiger partial charge in [0, 0.05) is 25.0 Å². The number of rotatable bonds is 4. The lowest BCUT2D eigenvalue weighted by Crippen LogP contribution is -2.23. The topological polar surface area (TPSA) is 46.3 Å². The van der Waals surface area contributed by atoms with Crippen LogP contribution in [0.15, 0.2) is 17.0 Å². The quantitative estimate of drug-likeness (QED) is 0.854. The molecule has 0 aliphatic heterocycles. The van der Waals surface area contributed by atoms with Gasteiger partial charge >= 0.3 is 0 Å². The summed E-state index contributed by atoms with van der Waals surface area (Å²) in [5.41, 5.74) is 7.14. The minimum absolute atomic E-state index is 0.0256. The minimum atomic E-state index is -0.259. The molecule has 5 heteroatoms. The van der Waals surface area contributed by atoms with Gasteiger partial charge in [0.25, 0.3) is 0 Å². The van der Waals surface area contributed by atoms with Crippen molar-refractivity contribution in [1.29, 1.82) is 0 Å². The number of amides is 1. The molecule has 1 aromatic rings. The average molecular weight is 270 g/mol. The summed E-state index contributed by atoms with van der Waals surface area (Å²) < 4.78 is 13.5. The maximum absolute atomic E-state index is 13.5. The van der Waals surface area contributed by atoms with Gasteiger partial charge in [-0.2, -0.15) is 0 Å². The Morgan fingerprint density at radius 1 is 1.50 bits per heavy atom. The van der Waals surface area contributed by atoms with Gasteiger partial charge in [0.1, 0.15) is 5.82 Å². The van der Waals surface area contributed by atoms with E-state index in [1.165, 1.54) is 22.7 Å². The van der Waals surface area contributed by atoms with Crippen LogP contribution in [0.2, 0.25) is 0 Å². The van der Waals surface area contributed by atoms with Crippen molar-refractivity contribution in [1.82, 2.24) is 4.90 Å². The summed E-state index contributed by atoms with van der Waals surface area (Å²) >= 11 is 1.40. The standard InChI is InChI=1S/C13H19FN2OS/c1-8-5-12(18-7-13(17)16(3)4)10(9(2)15)6-11(8)14/h5-6,9H,7,15H2,1-4H3/t9-/m0/s1. The summed E-state index contributed by atoms with van der Waals surface area (Å²) in [6.07, 6.45) is 0. The predicted octanol–water partition coefficient (Wildman–Crippen LogP) is 2.33. The lowest BCUT2D eigenvalue weighted by Gasteiger charge is -2.15. The molecule has 0 aromatic heterocycles. The van der Waals surface area contributed by atoms with Gasteiger partial charge in [0.05, 0.1) is 5.75 Å². The van der Waals surface area contributed by atoms with Crippen molar-refractivity contribution in [2.45, 2.75) is 24.8 Å². The summed E-state index contributed by atoms with van der Waals surface area (Å²) in [7, 11) is 3.43. The average Bonchev–Trinajstić information content (AvgIpc) is 2.29. The molecule has 1 aromatic carbocycles. The molecule has 1 atom stereocenters. The summed E-state index contributed by atoms with van der Waals surface area (Å²) in [5, 5.41) is 0. The highest BCUT2D eigenvalue weighted by Crippen LogP contribution is 2.29. The zero-order valence-electron chi connectivity index (χ0n) is 11.2. The molecule has 18 heavy (non-hydrogen) atoms. The fraction of sp³-hybridized carbons (Fsp3) is 0.462. The second-order valence-corrected chi connectivity index (χ2v) is 5.52. The highest BCUT2D eigenvalue weighted by Gasteiger charge is 2.13. The molecule has 100 valence electrons. The third-order valence-corrected chi connectivity index (χ3v) is 3.69. The molecule has 0 saturated heterocycles. The molecule has 0 aliphatic rings. The summed E-state index contributed by atoms with van der Waals surface area (Å²) in [5.74, 6) is 0.0980. The second-order valence-electron chi connectivity index (χ2n) is 4.50. The van der Waals surface area contributed by atoms with Crippen LogP contribution in [0.3, 0.4) is 0 Å². The first-order valence-electron chi connectivity index (χ1n) is 5.71. The normalized spacial score (nSPS) is 12.3. The van der Waals surface area contributed by atoms with Crippen LogP contribution in [0.1, 0.15) is 24.1 Å². The molecule has 1 rings (SSSR count). The van der Waals surface area contributed by atoms with E-state index in [9.17, 15) is 9.18 Å². The van der Waals surface area contributed by atoms with Crippen LogP contribution in [0.5, 0.6) is 0 Å². The summed E-state index contributed by atoms with van der Waals surface area (Å²) in [6, 6.07) is 2.96. The number of nitrogens with zero attached hydrogens (tertiary/aromatic N) is 1. The van der Waals surface area contributed by atoms with Gasteiger partial charge < -0.3 is 10.6 Å². The molecule has 0 aliphatic carbocycles. The van der Waals surface area contributed by atoms with Gasteiger partial charge in [0.15, 0.2) is 0 Å². The zero-order valence-corrected chi connectivity index (χ0v) is 12.0. The van der Waals surface area contributed by atoms with E-state index in [1.807, 2.05) is 6.92 Å². The fourth-order valence-electron chi connectivity index (χ4n) is 1.42. The van der Waals surface area contributed by atoms with Gasteiger partial charge in [-0.25, -0.2) is 4.39 Å². The molecule has 3 nitrogen and oxygen atoms in total. The van der Waals surface area contributed by atoms with Gasteiger partial charge in [-0.15, -0.1) is 11.8 Å². The SMILES string of the molecule is Cc1cc(SCC(=O)N(C)C)c([C@H](C)N)cc1F. The highest BCUT2D eigenvalue weighted by molar-refractivity contribution is 8.00. The van der Waals surface area contributed by atoms with E-state index in [0.717, 1.165) is 10.5 Å². The second kappa shape index (κ2) is 6.20. The highest BCUT2D eigenvalue weighted by atomic mass is 32.2. The molecule has 0 unspecified atom stereocenters. The fourth-order valence-corrected chi connectivity index (χ4v) is 2.63. The number of nitrogens with two attached hydrogens (primary N) is 1. The summed E-state index contributed by atoms with van der Waals surface area (Å²) in [4.78, 5) is 14.0. The Kier molecular flexibility index (Phi) is 5.16. The van der Waals surface area contributed by atoms with E-state index in [4.69, 9.17) is 5.73 Å².